The summed E-state index contributed by atoms with van der Waals surface area (Å²) in [4.78, 5) is 31.9. The first-order chi connectivity index (χ1) is 17.3. The first-order valence-electron chi connectivity index (χ1n) is 11.1. The zero-order chi connectivity index (χ0) is 25.4. The van der Waals surface area contributed by atoms with Gasteiger partial charge >= 0.3 is 0 Å². The topological polar surface area (TPSA) is 84.7 Å². The van der Waals surface area contributed by atoms with E-state index in [1.807, 2.05) is 57.2 Å². The Morgan fingerprint density at radius 1 is 1.14 bits per heavy atom. The van der Waals surface area contributed by atoms with E-state index in [4.69, 9.17) is 21.4 Å². The van der Waals surface area contributed by atoms with Crippen molar-refractivity contribution in [1.29, 1.82) is 0 Å². The van der Waals surface area contributed by atoms with Crippen LogP contribution in [-0.2, 0) is 9.59 Å². The third-order valence-corrected chi connectivity index (χ3v) is 7.58. The average molecular weight is 536 g/mol. The second-order valence-corrected chi connectivity index (χ2v) is 10.8. The number of hydrogen-bond donors (Lipinski definition) is 1. The van der Waals surface area contributed by atoms with Crippen molar-refractivity contribution in [3.8, 4) is 5.75 Å². The number of aryl methyl sites for hydroxylation is 2. The van der Waals surface area contributed by atoms with E-state index in [0.717, 1.165) is 31.4 Å². The number of hydrogen-bond acceptors (Lipinski definition) is 8. The van der Waals surface area contributed by atoms with Crippen LogP contribution in [0.3, 0.4) is 0 Å². The molecule has 1 saturated heterocycles. The number of benzene rings is 2. The highest BCUT2D eigenvalue weighted by atomic mass is 32.2. The van der Waals surface area contributed by atoms with Gasteiger partial charge in [0.15, 0.2) is 14.5 Å². The van der Waals surface area contributed by atoms with Crippen LogP contribution in [0.5, 0.6) is 5.75 Å². The fraction of sp³-hybridized carbons (Fsp3) is 0.154. The van der Waals surface area contributed by atoms with Crippen molar-refractivity contribution in [3.63, 3.8) is 0 Å². The molecule has 5 rings (SSSR count). The minimum Gasteiger partial charge on any atom is -0.494 e. The molecule has 0 atom stereocenters. The Morgan fingerprint density at radius 2 is 1.92 bits per heavy atom. The molecule has 1 aliphatic heterocycles. The van der Waals surface area contributed by atoms with Crippen LogP contribution in [0.2, 0.25) is 0 Å². The molecule has 1 fully saturated rings. The Balaban J connectivity index is 1.38. The minimum absolute atomic E-state index is 0.0474. The molecule has 0 bridgehead atoms. The van der Waals surface area contributed by atoms with Gasteiger partial charge in [-0.05, 0) is 104 Å². The molecule has 0 saturated carbocycles. The molecule has 1 N–H and O–H groups in total. The Bertz CT molecular complexity index is 1530. The van der Waals surface area contributed by atoms with Gasteiger partial charge in [0.05, 0.1) is 22.5 Å². The summed E-state index contributed by atoms with van der Waals surface area (Å²) in [6.07, 6.45) is 1.44. The Kier molecular flexibility index (Phi) is 6.65. The summed E-state index contributed by atoms with van der Waals surface area (Å²) < 4.78 is 13.3. The molecule has 182 valence electrons. The Hall–Kier alpha value is -3.47. The average Bonchev–Trinajstić information content (AvgIpc) is 3.42. The number of nitrogens with zero attached hydrogens (tertiary/aromatic N) is 2. The van der Waals surface area contributed by atoms with Crippen molar-refractivity contribution in [2.75, 3.05) is 11.5 Å². The molecule has 2 aromatic heterocycles. The van der Waals surface area contributed by atoms with Gasteiger partial charge in [-0.25, -0.2) is 4.98 Å². The van der Waals surface area contributed by atoms with Crippen molar-refractivity contribution < 1.29 is 18.7 Å². The Morgan fingerprint density at radius 3 is 2.67 bits per heavy atom. The number of thiazole rings is 1. The van der Waals surface area contributed by atoms with Gasteiger partial charge in [-0.15, -0.1) is 11.3 Å². The largest absolute Gasteiger partial charge is 0.494 e. The molecule has 10 heteroatoms. The number of carbonyl (C=O) groups is 2. The van der Waals surface area contributed by atoms with Crippen LogP contribution >= 0.6 is 35.3 Å². The fourth-order valence-corrected chi connectivity index (χ4v) is 6.13. The van der Waals surface area contributed by atoms with E-state index >= 15 is 0 Å². The van der Waals surface area contributed by atoms with Crippen molar-refractivity contribution in [3.05, 3.63) is 71.0 Å². The zero-order valence-electron chi connectivity index (χ0n) is 19.7. The van der Waals surface area contributed by atoms with Gasteiger partial charge in [-0.3, -0.25) is 19.8 Å². The predicted molar refractivity (Wildman–Crippen MR) is 146 cm³/mol. The normalized spacial score (nSPS) is 15.1. The molecular formula is C26H21N3O4S3. The summed E-state index contributed by atoms with van der Waals surface area (Å²) in [7, 11) is 0. The van der Waals surface area contributed by atoms with Gasteiger partial charge in [0.1, 0.15) is 17.1 Å². The lowest BCUT2D eigenvalue weighted by Crippen LogP contribution is -2.54. The number of ether oxygens (including phenoxy) is 1. The van der Waals surface area contributed by atoms with E-state index in [2.05, 4.69) is 10.3 Å². The maximum Gasteiger partial charge on any atom is 0.270 e. The molecule has 0 radical (unpaired) electrons. The number of carbonyl (C=O) groups excluding carboxylic acids is 2. The highest BCUT2D eigenvalue weighted by Gasteiger charge is 2.35. The number of nitrogens with one attached hydrogen (secondary N) is 1. The molecule has 2 amide bonds. The molecule has 3 heterocycles. The van der Waals surface area contributed by atoms with Crippen LogP contribution in [0.4, 0.5) is 5.69 Å². The number of amides is 2. The number of fused-ring (bicyclic) bond motifs is 1. The van der Waals surface area contributed by atoms with Crippen molar-refractivity contribution in [1.82, 2.24) is 10.3 Å². The second-order valence-electron chi connectivity index (χ2n) is 8.10. The highest BCUT2D eigenvalue weighted by Crippen LogP contribution is 2.37. The maximum absolute atomic E-state index is 13.3. The van der Waals surface area contributed by atoms with Gasteiger partial charge < -0.3 is 9.15 Å². The van der Waals surface area contributed by atoms with Crippen LogP contribution < -0.4 is 15.0 Å². The summed E-state index contributed by atoms with van der Waals surface area (Å²) in [6, 6.07) is 15.0. The van der Waals surface area contributed by atoms with Crippen molar-refractivity contribution in [2.45, 2.75) is 30.2 Å². The van der Waals surface area contributed by atoms with Gasteiger partial charge in [-0.2, -0.15) is 0 Å². The third kappa shape index (κ3) is 4.92. The van der Waals surface area contributed by atoms with Gasteiger partial charge in [0.25, 0.3) is 11.8 Å². The third-order valence-electron chi connectivity index (χ3n) is 5.29. The van der Waals surface area contributed by atoms with E-state index < -0.39 is 11.8 Å². The van der Waals surface area contributed by atoms with Crippen LogP contribution in [0.15, 0.2) is 68.0 Å². The molecule has 0 spiro atoms. The fourth-order valence-electron chi connectivity index (χ4n) is 3.85. The van der Waals surface area contributed by atoms with Crippen LogP contribution in [0.25, 0.3) is 16.3 Å². The van der Waals surface area contributed by atoms with Gasteiger partial charge in [-0.1, -0.05) is 6.07 Å². The molecular weight excluding hydrogens is 515 g/mol. The number of aromatic nitrogens is 1. The van der Waals surface area contributed by atoms with E-state index in [-0.39, 0.29) is 10.7 Å². The molecule has 2 aromatic carbocycles. The summed E-state index contributed by atoms with van der Waals surface area (Å²) in [6.45, 7) is 6.43. The highest BCUT2D eigenvalue weighted by molar-refractivity contribution is 8.01. The first kappa shape index (κ1) is 24.2. The molecule has 36 heavy (non-hydrogen) atoms. The number of rotatable bonds is 6. The number of anilines is 1. The van der Waals surface area contributed by atoms with Crippen LogP contribution in [0, 0.1) is 13.8 Å². The number of thiocarbonyl (C=S) groups is 1. The lowest BCUT2D eigenvalue weighted by atomic mass is 10.1. The van der Waals surface area contributed by atoms with Gasteiger partial charge in [0.2, 0.25) is 0 Å². The quantitative estimate of drug-likeness (QED) is 0.187. The standard InChI is InChI=1S/C26H21N3O4S3/c1-4-32-17-5-7-20-21(13-17)35-26(27-20)36-22-8-6-18(33-22)12-19-23(30)28-25(34)29(24(19)31)16-10-14(2)9-15(3)11-16/h5-13H,4H2,1-3H3,(H,28,30,34)/b19-12+. The van der Waals surface area contributed by atoms with Crippen LogP contribution in [0.1, 0.15) is 23.8 Å². The van der Waals surface area contributed by atoms with Crippen molar-refractivity contribution in [2.24, 2.45) is 0 Å². The lowest BCUT2D eigenvalue weighted by molar-refractivity contribution is -0.122. The predicted octanol–water partition coefficient (Wildman–Crippen LogP) is 5.89. The maximum atomic E-state index is 13.3. The molecule has 0 unspecified atom stereocenters. The summed E-state index contributed by atoms with van der Waals surface area (Å²) in [5.41, 5.74) is 3.40. The Labute approximate surface area is 221 Å². The van der Waals surface area contributed by atoms with Crippen LogP contribution in [-0.4, -0.2) is 28.5 Å². The van der Waals surface area contributed by atoms with E-state index in [9.17, 15) is 9.59 Å². The minimum atomic E-state index is -0.562. The molecule has 4 aromatic rings. The summed E-state index contributed by atoms with van der Waals surface area (Å²) in [5, 5.41) is 3.25. The lowest BCUT2D eigenvalue weighted by Gasteiger charge is -2.29. The monoisotopic (exact) mass is 535 g/mol. The summed E-state index contributed by atoms with van der Waals surface area (Å²) >= 11 is 8.21. The molecule has 0 aliphatic carbocycles. The molecule has 1 aliphatic rings. The second kappa shape index (κ2) is 9.88. The number of furan rings is 1. The SMILES string of the molecule is CCOc1ccc2nc(Sc3ccc(/C=C4\C(=O)NC(=S)N(c5cc(C)cc(C)c5)C4=O)o3)sc2c1. The smallest absolute Gasteiger partial charge is 0.270 e. The van der Waals surface area contributed by atoms with E-state index in [1.165, 1.54) is 34.1 Å². The van der Waals surface area contributed by atoms with E-state index in [0.29, 0.717) is 23.1 Å². The van der Waals surface area contributed by atoms with Gasteiger partial charge in [0, 0.05) is 0 Å². The van der Waals surface area contributed by atoms with Crippen molar-refractivity contribution >= 4 is 74.2 Å². The zero-order valence-corrected chi connectivity index (χ0v) is 22.1. The summed E-state index contributed by atoms with van der Waals surface area (Å²) in [5.74, 6) is 0.119. The van der Waals surface area contributed by atoms with E-state index in [1.54, 1.807) is 12.1 Å². The first-order valence-corrected chi connectivity index (χ1v) is 13.2. The molecule has 7 nitrogen and oxygen atoms in total.